The number of hydrogen-bond donors (Lipinski definition) is 1. The molecular weight excluding hydrogens is 426 g/mol. The lowest BCUT2D eigenvalue weighted by Crippen LogP contribution is -2.38. The minimum Gasteiger partial charge on any atom is -0.508 e. The number of benzene rings is 3. The zero-order valence-corrected chi connectivity index (χ0v) is 20.0. The van der Waals surface area contributed by atoms with E-state index in [9.17, 15) is 5.11 Å². The van der Waals surface area contributed by atoms with Crippen molar-refractivity contribution in [1.82, 2.24) is 4.90 Å². The van der Waals surface area contributed by atoms with E-state index in [2.05, 4.69) is 36.1 Å². The molecule has 0 amide bonds. The second kappa shape index (κ2) is 11.7. The van der Waals surface area contributed by atoms with Crippen LogP contribution in [0.5, 0.6) is 17.2 Å². The smallest absolute Gasteiger partial charge is 0.119 e. The standard InChI is InChI=1S/C29H33NO4/c1-22(21-23-3-11-27(32-2)12-4-23)29(24-5-9-26(31)10-6-24)25-7-13-28(14-8-25)34-20-17-30-15-18-33-19-16-30/h3-14,31H,15-21H2,1-2H3/b29-22+. The van der Waals surface area contributed by atoms with E-state index in [1.165, 1.54) is 11.1 Å². The highest BCUT2D eigenvalue weighted by atomic mass is 16.5. The molecule has 0 atom stereocenters. The third-order valence-corrected chi connectivity index (χ3v) is 6.13. The summed E-state index contributed by atoms with van der Waals surface area (Å²) in [5.74, 6) is 1.99. The maximum Gasteiger partial charge on any atom is 0.119 e. The first-order chi connectivity index (χ1) is 16.6. The molecule has 3 aromatic carbocycles. The lowest BCUT2D eigenvalue weighted by atomic mass is 9.90. The van der Waals surface area contributed by atoms with Gasteiger partial charge in [-0.15, -0.1) is 0 Å². The maximum atomic E-state index is 9.79. The van der Waals surface area contributed by atoms with Crippen LogP contribution in [0, 0.1) is 0 Å². The molecule has 0 spiro atoms. The van der Waals surface area contributed by atoms with Crippen molar-refractivity contribution in [2.24, 2.45) is 0 Å². The van der Waals surface area contributed by atoms with Gasteiger partial charge in [-0.05, 0) is 72.0 Å². The number of allylic oxidation sites excluding steroid dienone is 1. The van der Waals surface area contributed by atoms with E-state index in [0.29, 0.717) is 6.61 Å². The Morgan fingerprint density at radius 2 is 1.44 bits per heavy atom. The van der Waals surface area contributed by atoms with Gasteiger partial charge in [-0.1, -0.05) is 42.0 Å². The van der Waals surface area contributed by atoms with Crippen LogP contribution >= 0.6 is 0 Å². The summed E-state index contributed by atoms with van der Waals surface area (Å²) in [4.78, 5) is 2.37. The lowest BCUT2D eigenvalue weighted by Gasteiger charge is -2.26. The Morgan fingerprint density at radius 3 is 2.06 bits per heavy atom. The van der Waals surface area contributed by atoms with E-state index >= 15 is 0 Å². The molecule has 5 heteroatoms. The van der Waals surface area contributed by atoms with Crippen molar-refractivity contribution in [3.05, 3.63) is 95.1 Å². The van der Waals surface area contributed by atoms with Crippen molar-refractivity contribution >= 4 is 5.57 Å². The Kier molecular flexibility index (Phi) is 8.23. The summed E-state index contributed by atoms with van der Waals surface area (Å²) in [6.07, 6.45) is 0.817. The third-order valence-electron chi connectivity index (χ3n) is 6.13. The molecule has 0 radical (unpaired) electrons. The average molecular weight is 460 g/mol. The van der Waals surface area contributed by atoms with Crippen LogP contribution in [0.1, 0.15) is 23.6 Å². The Hall–Kier alpha value is -3.28. The van der Waals surface area contributed by atoms with E-state index in [4.69, 9.17) is 14.2 Å². The van der Waals surface area contributed by atoms with Gasteiger partial charge in [0.2, 0.25) is 0 Å². The van der Waals surface area contributed by atoms with Crippen LogP contribution < -0.4 is 9.47 Å². The fraction of sp³-hybridized carbons (Fsp3) is 0.310. The van der Waals surface area contributed by atoms with Crippen LogP contribution in [0.4, 0.5) is 0 Å². The van der Waals surface area contributed by atoms with E-state index in [1.807, 2.05) is 36.4 Å². The molecule has 1 fully saturated rings. The molecule has 0 bridgehead atoms. The SMILES string of the molecule is COc1ccc(C/C(C)=C(\c2ccc(O)cc2)c2ccc(OCCN3CCOCC3)cc2)cc1. The van der Waals surface area contributed by atoms with Gasteiger partial charge in [0.25, 0.3) is 0 Å². The summed E-state index contributed by atoms with van der Waals surface area (Å²) in [5.41, 5.74) is 5.83. The largest absolute Gasteiger partial charge is 0.508 e. The second-order valence-corrected chi connectivity index (χ2v) is 8.55. The second-order valence-electron chi connectivity index (χ2n) is 8.55. The van der Waals surface area contributed by atoms with E-state index in [1.54, 1.807) is 19.2 Å². The molecule has 178 valence electrons. The van der Waals surface area contributed by atoms with Gasteiger partial charge in [-0.2, -0.15) is 0 Å². The third kappa shape index (κ3) is 6.40. The van der Waals surface area contributed by atoms with Crippen molar-refractivity contribution in [3.63, 3.8) is 0 Å². The monoisotopic (exact) mass is 459 g/mol. The van der Waals surface area contributed by atoms with Crippen molar-refractivity contribution < 1.29 is 19.3 Å². The van der Waals surface area contributed by atoms with Gasteiger partial charge in [0.1, 0.15) is 23.9 Å². The summed E-state index contributed by atoms with van der Waals surface area (Å²) in [6, 6.07) is 23.9. The number of nitrogens with zero attached hydrogens (tertiary/aromatic N) is 1. The first-order valence-corrected chi connectivity index (χ1v) is 11.8. The average Bonchev–Trinajstić information content (AvgIpc) is 2.87. The quantitative estimate of drug-likeness (QED) is 0.478. The van der Waals surface area contributed by atoms with Crippen LogP contribution in [0.25, 0.3) is 5.57 Å². The predicted molar refractivity (Wildman–Crippen MR) is 136 cm³/mol. The van der Waals surface area contributed by atoms with Crippen LogP contribution in [0.3, 0.4) is 0 Å². The number of ether oxygens (including phenoxy) is 3. The van der Waals surface area contributed by atoms with Crippen LogP contribution in [0.2, 0.25) is 0 Å². The first kappa shape index (κ1) is 23.9. The van der Waals surface area contributed by atoms with Gasteiger partial charge in [-0.3, -0.25) is 4.90 Å². The first-order valence-electron chi connectivity index (χ1n) is 11.8. The van der Waals surface area contributed by atoms with Crippen LogP contribution in [0.15, 0.2) is 78.4 Å². The van der Waals surface area contributed by atoms with Crippen molar-refractivity contribution in [3.8, 4) is 17.2 Å². The van der Waals surface area contributed by atoms with E-state index < -0.39 is 0 Å². The molecule has 1 aliphatic rings. The summed E-state index contributed by atoms with van der Waals surface area (Å²) in [6.45, 7) is 7.28. The zero-order valence-electron chi connectivity index (χ0n) is 20.0. The summed E-state index contributed by atoms with van der Waals surface area (Å²) >= 11 is 0. The highest BCUT2D eigenvalue weighted by Gasteiger charge is 2.12. The summed E-state index contributed by atoms with van der Waals surface area (Å²) in [7, 11) is 1.68. The van der Waals surface area contributed by atoms with Crippen molar-refractivity contribution in [1.29, 1.82) is 0 Å². The molecule has 1 heterocycles. The van der Waals surface area contributed by atoms with Gasteiger partial charge < -0.3 is 19.3 Å². The van der Waals surface area contributed by atoms with Crippen LogP contribution in [-0.4, -0.2) is 56.6 Å². The summed E-state index contributed by atoms with van der Waals surface area (Å²) < 4.78 is 16.7. The van der Waals surface area contributed by atoms with Gasteiger partial charge >= 0.3 is 0 Å². The van der Waals surface area contributed by atoms with Gasteiger partial charge in [-0.25, -0.2) is 0 Å². The molecule has 0 aromatic heterocycles. The number of morpholine rings is 1. The van der Waals surface area contributed by atoms with Gasteiger partial charge in [0.15, 0.2) is 0 Å². The predicted octanol–water partition coefficient (Wildman–Crippen LogP) is 5.18. The number of rotatable bonds is 9. The number of methoxy groups -OCH3 is 1. The molecule has 0 saturated carbocycles. The Morgan fingerprint density at radius 1 is 0.853 bits per heavy atom. The van der Waals surface area contributed by atoms with Gasteiger partial charge in [0.05, 0.1) is 20.3 Å². The minimum atomic E-state index is 0.264. The van der Waals surface area contributed by atoms with Gasteiger partial charge in [0, 0.05) is 19.6 Å². The fourth-order valence-corrected chi connectivity index (χ4v) is 4.26. The maximum absolute atomic E-state index is 9.79. The molecule has 4 rings (SSSR count). The minimum absolute atomic E-state index is 0.264. The molecule has 0 unspecified atom stereocenters. The number of hydrogen-bond acceptors (Lipinski definition) is 5. The summed E-state index contributed by atoms with van der Waals surface area (Å²) in [5, 5.41) is 9.79. The Balaban J connectivity index is 1.52. The molecule has 1 aliphatic heterocycles. The molecule has 34 heavy (non-hydrogen) atoms. The molecular formula is C29H33NO4. The fourth-order valence-electron chi connectivity index (χ4n) is 4.26. The van der Waals surface area contributed by atoms with E-state index in [0.717, 1.165) is 67.5 Å². The molecule has 5 nitrogen and oxygen atoms in total. The highest BCUT2D eigenvalue weighted by molar-refractivity contribution is 5.82. The normalized spacial score (nSPS) is 15.0. The lowest BCUT2D eigenvalue weighted by molar-refractivity contribution is 0.0322. The van der Waals surface area contributed by atoms with E-state index in [-0.39, 0.29) is 5.75 Å². The van der Waals surface area contributed by atoms with Crippen molar-refractivity contribution in [2.75, 3.05) is 46.6 Å². The topological polar surface area (TPSA) is 51.2 Å². The van der Waals surface area contributed by atoms with Crippen LogP contribution in [-0.2, 0) is 11.2 Å². The number of phenolic OH excluding ortho intramolecular Hbond substituents is 1. The number of aromatic hydroxyl groups is 1. The number of phenols is 1. The molecule has 3 aromatic rings. The molecule has 0 aliphatic carbocycles. The highest BCUT2D eigenvalue weighted by Crippen LogP contribution is 2.31. The molecule has 1 N–H and O–H groups in total. The zero-order chi connectivity index (χ0) is 23.8. The Labute approximate surface area is 202 Å². The molecule has 1 saturated heterocycles. The van der Waals surface area contributed by atoms with Crippen molar-refractivity contribution in [2.45, 2.75) is 13.3 Å². The Bertz CT molecular complexity index is 1070.